The molecule has 94 valence electrons. The van der Waals surface area contributed by atoms with Crippen molar-refractivity contribution >= 4 is 17.5 Å². The zero-order valence-electron chi connectivity index (χ0n) is 10.4. The molecule has 0 aromatic heterocycles. The van der Waals surface area contributed by atoms with Crippen LogP contribution >= 0.6 is 0 Å². The largest absolute Gasteiger partial charge is 0.343 e. The molecule has 2 aliphatic rings. The zero-order chi connectivity index (χ0) is 12.7. The summed E-state index contributed by atoms with van der Waals surface area (Å²) in [5.41, 5.74) is 3.54. The Balaban J connectivity index is 1.94. The first-order valence-electron chi connectivity index (χ1n) is 6.38. The molecule has 1 aliphatic heterocycles. The standard InChI is InChI=1S/C14H16N2O2/c1-9-14(18)16(8-13(17)15-9)12-6-5-10-3-2-4-11(10)7-12/h5-7,9H,2-4,8H2,1H3,(H,15,17). The number of nitrogens with zero attached hydrogens (tertiary/aromatic N) is 1. The number of amides is 2. The molecule has 4 heteroatoms. The van der Waals surface area contributed by atoms with E-state index in [0.717, 1.165) is 18.5 Å². The lowest BCUT2D eigenvalue weighted by atomic mass is 10.1. The fourth-order valence-electron chi connectivity index (χ4n) is 2.75. The lowest BCUT2D eigenvalue weighted by Gasteiger charge is -2.31. The highest BCUT2D eigenvalue weighted by molar-refractivity contribution is 6.06. The molecule has 3 rings (SSSR count). The fraction of sp³-hybridized carbons (Fsp3) is 0.429. The molecule has 1 heterocycles. The summed E-state index contributed by atoms with van der Waals surface area (Å²) in [5, 5.41) is 2.65. The second-order valence-corrected chi connectivity index (χ2v) is 5.02. The minimum atomic E-state index is -0.431. The Kier molecular flexibility index (Phi) is 2.58. The van der Waals surface area contributed by atoms with E-state index in [-0.39, 0.29) is 18.4 Å². The SMILES string of the molecule is CC1NC(=O)CN(c2ccc3c(c2)CCC3)C1=O. The first-order chi connectivity index (χ1) is 8.65. The second kappa shape index (κ2) is 4.12. The van der Waals surface area contributed by atoms with Crippen LogP contribution in [0.3, 0.4) is 0 Å². The van der Waals surface area contributed by atoms with Crippen molar-refractivity contribution in [3.8, 4) is 0 Å². The van der Waals surface area contributed by atoms with E-state index in [1.807, 2.05) is 6.07 Å². The molecule has 2 amide bonds. The van der Waals surface area contributed by atoms with Crippen molar-refractivity contribution in [1.82, 2.24) is 5.32 Å². The van der Waals surface area contributed by atoms with Gasteiger partial charge in [-0.05, 0) is 49.4 Å². The molecule has 0 spiro atoms. The quantitative estimate of drug-likeness (QED) is 0.802. The average molecular weight is 244 g/mol. The Hall–Kier alpha value is -1.84. The van der Waals surface area contributed by atoms with Crippen LogP contribution in [0.1, 0.15) is 24.5 Å². The zero-order valence-corrected chi connectivity index (χ0v) is 10.4. The van der Waals surface area contributed by atoms with Crippen LogP contribution in [0.2, 0.25) is 0 Å². The van der Waals surface area contributed by atoms with Crippen molar-refractivity contribution in [3.63, 3.8) is 0 Å². The highest BCUT2D eigenvalue weighted by atomic mass is 16.2. The number of carbonyl (C=O) groups excluding carboxylic acids is 2. The van der Waals surface area contributed by atoms with Gasteiger partial charge in [-0.25, -0.2) is 0 Å². The van der Waals surface area contributed by atoms with Crippen LogP contribution in [-0.4, -0.2) is 24.4 Å². The number of aryl methyl sites for hydroxylation is 2. The van der Waals surface area contributed by atoms with Gasteiger partial charge in [0, 0.05) is 5.69 Å². The Bertz CT molecular complexity index is 525. The summed E-state index contributed by atoms with van der Waals surface area (Å²) in [5.74, 6) is -0.129. The van der Waals surface area contributed by atoms with Crippen molar-refractivity contribution in [1.29, 1.82) is 0 Å². The number of benzene rings is 1. The summed E-state index contributed by atoms with van der Waals surface area (Å²) < 4.78 is 0. The molecule has 1 aromatic rings. The molecule has 0 radical (unpaired) electrons. The summed E-state index contributed by atoms with van der Waals surface area (Å²) in [6, 6.07) is 5.67. The smallest absolute Gasteiger partial charge is 0.249 e. The number of carbonyl (C=O) groups is 2. The summed E-state index contributed by atoms with van der Waals surface area (Å²) in [6.45, 7) is 1.85. The van der Waals surface area contributed by atoms with Gasteiger partial charge in [-0.15, -0.1) is 0 Å². The molecular formula is C14H16N2O2. The lowest BCUT2D eigenvalue weighted by molar-refractivity contribution is -0.130. The van der Waals surface area contributed by atoms with E-state index in [9.17, 15) is 9.59 Å². The molecule has 0 bridgehead atoms. The molecule has 1 N–H and O–H groups in total. The molecule has 1 aliphatic carbocycles. The molecule has 1 atom stereocenters. The third-order valence-corrected chi connectivity index (χ3v) is 3.71. The topological polar surface area (TPSA) is 49.4 Å². The minimum absolute atomic E-state index is 0.0347. The Morgan fingerprint density at radius 3 is 2.83 bits per heavy atom. The van der Waals surface area contributed by atoms with Gasteiger partial charge in [0.25, 0.3) is 0 Å². The minimum Gasteiger partial charge on any atom is -0.343 e. The summed E-state index contributed by atoms with van der Waals surface area (Å²) in [7, 11) is 0. The lowest BCUT2D eigenvalue weighted by Crippen LogP contribution is -2.57. The first kappa shape index (κ1) is 11.3. The van der Waals surface area contributed by atoms with Crippen LogP contribution in [0, 0.1) is 0 Å². The highest BCUT2D eigenvalue weighted by Gasteiger charge is 2.30. The predicted octanol–water partition coefficient (Wildman–Crippen LogP) is 1.03. The number of nitrogens with one attached hydrogen (secondary N) is 1. The number of rotatable bonds is 1. The van der Waals surface area contributed by atoms with Gasteiger partial charge in [0.05, 0.1) is 0 Å². The van der Waals surface area contributed by atoms with Gasteiger partial charge in [-0.3, -0.25) is 9.59 Å². The van der Waals surface area contributed by atoms with Gasteiger partial charge in [-0.2, -0.15) is 0 Å². The summed E-state index contributed by atoms with van der Waals surface area (Å²) in [6.07, 6.45) is 3.39. The van der Waals surface area contributed by atoms with Gasteiger partial charge in [0.15, 0.2) is 0 Å². The molecule has 1 fully saturated rings. The van der Waals surface area contributed by atoms with E-state index in [4.69, 9.17) is 0 Å². The van der Waals surface area contributed by atoms with E-state index < -0.39 is 6.04 Å². The van der Waals surface area contributed by atoms with Crippen molar-refractivity contribution in [2.45, 2.75) is 32.2 Å². The summed E-state index contributed by atoms with van der Waals surface area (Å²) in [4.78, 5) is 25.2. The normalized spacial score (nSPS) is 22.9. The molecule has 1 aromatic carbocycles. The van der Waals surface area contributed by atoms with E-state index >= 15 is 0 Å². The monoisotopic (exact) mass is 244 g/mol. The maximum atomic E-state index is 12.1. The number of piperazine rings is 1. The van der Waals surface area contributed by atoms with Crippen molar-refractivity contribution in [2.75, 3.05) is 11.4 Å². The van der Waals surface area contributed by atoms with Crippen LogP contribution in [0.5, 0.6) is 0 Å². The van der Waals surface area contributed by atoms with Crippen LogP contribution in [-0.2, 0) is 22.4 Å². The van der Waals surface area contributed by atoms with E-state index in [2.05, 4.69) is 17.4 Å². The Labute approximate surface area is 106 Å². The van der Waals surface area contributed by atoms with Crippen LogP contribution in [0.15, 0.2) is 18.2 Å². The molecule has 1 saturated heterocycles. The molecule has 4 nitrogen and oxygen atoms in total. The first-order valence-corrected chi connectivity index (χ1v) is 6.38. The van der Waals surface area contributed by atoms with Crippen LogP contribution in [0.4, 0.5) is 5.69 Å². The highest BCUT2D eigenvalue weighted by Crippen LogP contribution is 2.27. The van der Waals surface area contributed by atoms with Crippen LogP contribution in [0.25, 0.3) is 0 Å². The van der Waals surface area contributed by atoms with Crippen molar-refractivity contribution in [3.05, 3.63) is 29.3 Å². The second-order valence-electron chi connectivity index (χ2n) is 5.02. The fourth-order valence-corrected chi connectivity index (χ4v) is 2.75. The summed E-state index contributed by atoms with van der Waals surface area (Å²) >= 11 is 0. The Morgan fingerprint density at radius 1 is 1.22 bits per heavy atom. The third-order valence-electron chi connectivity index (χ3n) is 3.71. The van der Waals surface area contributed by atoms with E-state index in [1.54, 1.807) is 11.8 Å². The average Bonchev–Trinajstić information content (AvgIpc) is 2.80. The van der Waals surface area contributed by atoms with Crippen molar-refractivity contribution in [2.24, 2.45) is 0 Å². The Morgan fingerprint density at radius 2 is 2.00 bits per heavy atom. The maximum absolute atomic E-state index is 12.1. The van der Waals surface area contributed by atoms with Gasteiger partial charge in [0.1, 0.15) is 12.6 Å². The number of anilines is 1. The maximum Gasteiger partial charge on any atom is 0.249 e. The van der Waals surface area contributed by atoms with Gasteiger partial charge < -0.3 is 10.2 Å². The van der Waals surface area contributed by atoms with Crippen LogP contribution < -0.4 is 10.2 Å². The molecule has 0 saturated carbocycles. The van der Waals surface area contributed by atoms with E-state index in [1.165, 1.54) is 17.5 Å². The number of hydrogen-bond donors (Lipinski definition) is 1. The van der Waals surface area contributed by atoms with Gasteiger partial charge >= 0.3 is 0 Å². The predicted molar refractivity (Wildman–Crippen MR) is 68.4 cm³/mol. The molecule has 1 unspecified atom stereocenters. The molecule has 18 heavy (non-hydrogen) atoms. The number of fused-ring (bicyclic) bond motifs is 1. The van der Waals surface area contributed by atoms with Gasteiger partial charge in [-0.1, -0.05) is 6.07 Å². The number of hydrogen-bond acceptors (Lipinski definition) is 2. The third kappa shape index (κ3) is 1.78. The van der Waals surface area contributed by atoms with E-state index in [0.29, 0.717) is 0 Å². The van der Waals surface area contributed by atoms with Gasteiger partial charge in [0.2, 0.25) is 11.8 Å². The van der Waals surface area contributed by atoms with Crippen molar-refractivity contribution < 1.29 is 9.59 Å². The molecular weight excluding hydrogens is 228 g/mol.